The van der Waals surface area contributed by atoms with Gasteiger partial charge in [-0.1, -0.05) is 24.3 Å². The zero-order chi connectivity index (χ0) is 19.1. The molecule has 142 valence electrons. The van der Waals surface area contributed by atoms with E-state index in [1.807, 2.05) is 12.1 Å². The van der Waals surface area contributed by atoms with Crippen molar-refractivity contribution in [3.63, 3.8) is 0 Å². The molecule has 1 heterocycles. The summed E-state index contributed by atoms with van der Waals surface area (Å²) in [7, 11) is 0. The van der Waals surface area contributed by atoms with E-state index >= 15 is 0 Å². The van der Waals surface area contributed by atoms with Crippen LogP contribution in [0, 0.1) is 0 Å². The van der Waals surface area contributed by atoms with Gasteiger partial charge in [0.05, 0.1) is 11.1 Å². The van der Waals surface area contributed by atoms with Gasteiger partial charge in [-0.2, -0.15) is 0 Å². The van der Waals surface area contributed by atoms with Crippen LogP contribution in [0.2, 0.25) is 0 Å². The second-order valence-electron chi connectivity index (χ2n) is 6.82. The second-order valence-corrected chi connectivity index (χ2v) is 6.82. The average Bonchev–Trinajstić information content (AvgIpc) is 2.93. The van der Waals surface area contributed by atoms with E-state index in [1.165, 1.54) is 10.5 Å². The van der Waals surface area contributed by atoms with Gasteiger partial charge in [0.25, 0.3) is 11.8 Å². The number of rotatable bonds is 10. The Morgan fingerprint density at radius 3 is 2.30 bits per heavy atom. The van der Waals surface area contributed by atoms with Crippen molar-refractivity contribution in [3.05, 3.63) is 65.2 Å². The van der Waals surface area contributed by atoms with Crippen LogP contribution in [0.25, 0.3) is 0 Å². The molecule has 2 aromatic rings. The maximum Gasteiger partial charge on any atom is 0.261 e. The number of nitrogens with zero attached hydrogens (tertiary/aromatic N) is 1. The van der Waals surface area contributed by atoms with Crippen molar-refractivity contribution in [2.45, 2.75) is 32.1 Å². The number of unbranched alkanes of at least 4 members (excludes halogenated alkanes) is 2. The van der Waals surface area contributed by atoms with E-state index < -0.39 is 0 Å². The van der Waals surface area contributed by atoms with Crippen LogP contribution in [0.15, 0.2) is 48.5 Å². The summed E-state index contributed by atoms with van der Waals surface area (Å²) in [5.41, 5.74) is 3.29. The first kappa shape index (κ1) is 19.1. The molecular formula is C22H26N2O3. The van der Waals surface area contributed by atoms with Gasteiger partial charge in [0.1, 0.15) is 0 Å². The molecule has 0 aliphatic carbocycles. The Hall–Kier alpha value is -2.66. The Morgan fingerprint density at radius 1 is 0.852 bits per heavy atom. The molecule has 0 atom stereocenters. The summed E-state index contributed by atoms with van der Waals surface area (Å²) in [6, 6.07) is 15.3. The molecule has 0 aromatic heterocycles. The van der Waals surface area contributed by atoms with Gasteiger partial charge in [-0.15, -0.1) is 0 Å². The van der Waals surface area contributed by atoms with Gasteiger partial charge in [-0.3, -0.25) is 14.5 Å². The normalized spacial score (nSPS) is 13.1. The van der Waals surface area contributed by atoms with Crippen LogP contribution in [-0.4, -0.2) is 41.5 Å². The lowest BCUT2D eigenvalue weighted by Crippen LogP contribution is -2.30. The number of anilines is 1. The van der Waals surface area contributed by atoms with E-state index in [9.17, 15) is 9.59 Å². The van der Waals surface area contributed by atoms with Gasteiger partial charge >= 0.3 is 0 Å². The summed E-state index contributed by atoms with van der Waals surface area (Å²) in [5.74, 6) is -0.372. The third kappa shape index (κ3) is 4.74. The first-order valence-electron chi connectivity index (χ1n) is 9.59. The molecule has 0 spiro atoms. The van der Waals surface area contributed by atoms with E-state index in [2.05, 4.69) is 17.4 Å². The van der Waals surface area contributed by atoms with E-state index in [0.29, 0.717) is 17.7 Å². The second kappa shape index (κ2) is 9.33. The quantitative estimate of drug-likeness (QED) is 0.499. The fraction of sp³-hybridized carbons (Fsp3) is 0.364. The van der Waals surface area contributed by atoms with Crippen LogP contribution >= 0.6 is 0 Å². The third-order valence-electron chi connectivity index (χ3n) is 4.82. The molecule has 5 heteroatoms. The van der Waals surface area contributed by atoms with Crippen molar-refractivity contribution < 1.29 is 14.7 Å². The Kier molecular flexibility index (Phi) is 6.60. The molecule has 0 saturated heterocycles. The molecule has 2 N–H and O–H groups in total. The number of nitrogens with one attached hydrogen (secondary N) is 1. The highest BCUT2D eigenvalue weighted by Gasteiger charge is 2.34. The van der Waals surface area contributed by atoms with Crippen molar-refractivity contribution in [1.82, 2.24) is 4.90 Å². The number of aliphatic hydroxyl groups excluding tert-OH is 1. The van der Waals surface area contributed by atoms with Gasteiger partial charge in [0.15, 0.2) is 0 Å². The minimum absolute atomic E-state index is 0.186. The maximum atomic E-state index is 12.4. The molecular weight excluding hydrogens is 340 g/mol. The topological polar surface area (TPSA) is 69.6 Å². The minimum atomic E-state index is -0.186. The SMILES string of the molecule is O=C1c2ccccc2C(=O)N1CCCc1cccc(NCCCCCO)c1. The number of aliphatic hydroxyl groups is 1. The lowest BCUT2D eigenvalue weighted by molar-refractivity contribution is 0.0652. The van der Waals surface area contributed by atoms with Gasteiger partial charge < -0.3 is 10.4 Å². The van der Waals surface area contributed by atoms with Crippen molar-refractivity contribution in [2.75, 3.05) is 25.0 Å². The van der Waals surface area contributed by atoms with E-state index in [-0.39, 0.29) is 18.4 Å². The Labute approximate surface area is 160 Å². The molecule has 0 bridgehead atoms. The standard InChI is InChI=1S/C22H26N2O3/c25-15-5-1-4-13-23-18-10-6-8-17(16-18)9-7-14-24-21(26)19-11-2-3-12-20(19)22(24)27/h2-3,6,8,10-12,16,23,25H,1,4-5,7,9,13-15H2. The van der Waals surface area contributed by atoms with Crippen molar-refractivity contribution in [1.29, 1.82) is 0 Å². The number of benzene rings is 2. The number of aryl methyl sites for hydroxylation is 1. The molecule has 0 fully saturated rings. The Morgan fingerprint density at radius 2 is 1.59 bits per heavy atom. The summed E-state index contributed by atoms with van der Waals surface area (Å²) in [5, 5.41) is 12.2. The zero-order valence-corrected chi connectivity index (χ0v) is 15.5. The van der Waals surface area contributed by atoms with Gasteiger partial charge in [0.2, 0.25) is 0 Å². The summed E-state index contributed by atoms with van der Waals surface area (Å²) in [4.78, 5) is 26.1. The first-order chi connectivity index (χ1) is 13.2. The van der Waals surface area contributed by atoms with Crippen LogP contribution in [-0.2, 0) is 6.42 Å². The molecule has 2 aromatic carbocycles. The van der Waals surface area contributed by atoms with Gasteiger partial charge in [0, 0.05) is 25.4 Å². The average molecular weight is 366 g/mol. The van der Waals surface area contributed by atoms with Gasteiger partial charge in [-0.25, -0.2) is 0 Å². The van der Waals surface area contributed by atoms with E-state index in [0.717, 1.165) is 44.3 Å². The van der Waals surface area contributed by atoms with E-state index in [4.69, 9.17) is 5.11 Å². The molecule has 27 heavy (non-hydrogen) atoms. The predicted octanol–water partition coefficient (Wildman–Crippen LogP) is 3.49. The molecule has 0 saturated carbocycles. The smallest absolute Gasteiger partial charge is 0.261 e. The summed E-state index contributed by atoms with van der Waals surface area (Å²) in [6.45, 7) is 1.58. The summed E-state index contributed by atoms with van der Waals surface area (Å²) >= 11 is 0. The van der Waals surface area contributed by atoms with Crippen LogP contribution < -0.4 is 5.32 Å². The van der Waals surface area contributed by atoms with Crippen molar-refractivity contribution in [3.8, 4) is 0 Å². The highest BCUT2D eigenvalue weighted by molar-refractivity contribution is 6.21. The lowest BCUT2D eigenvalue weighted by Gasteiger charge is -2.14. The monoisotopic (exact) mass is 366 g/mol. The zero-order valence-electron chi connectivity index (χ0n) is 15.5. The molecule has 0 unspecified atom stereocenters. The molecule has 2 amide bonds. The number of fused-ring (bicyclic) bond motifs is 1. The molecule has 1 aliphatic heterocycles. The summed E-state index contributed by atoms with van der Waals surface area (Å²) < 4.78 is 0. The lowest BCUT2D eigenvalue weighted by atomic mass is 10.1. The fourth-order valence-electron chi connectivity index (χ4n) is 3.37. The largest absolute Gasteiger partial charge is 0.396 e. The number of imide groups is 1. The van der Waals surface area contributed by atoms with Crippen LogP contribution in [0.3, 0.4) is 0 Å². The molecule has 3 rings (SSSR count). The highest BCUT2D eigenvalue weighted by Crippen LogP contribution is 2.23. The van der Waals surface area contributed by atoms with Crippen LogP contribution in [0.5, 0.6) is 0 Å². The highest BCUT2D eigenvalue weighted by atomic mass is 16.3. The van der Waals surface area contributed by atoms with Gasteiger partial charge in [-0.05, 0) is 61.9 Å². The predicted molar refractivity (Wildman–Crippen MR) is 106 cm³/mol. The summed E-state index contributed by atoms with van der Waals surface area (Å²) in [6.07, 6.45) is 4.45. The Balaban J connectivity index is 1.48. The molecule has 5 nitrogen and oxygen atoms in total. The third-order valence-corrected chi connectivity index (χ3v) is 4.82. The first-order valence-corrected chi connectivity index (χ1v) is 9.59. The number of hydrogen-bond acceptors (Lipinski definition) is 4. The number of carbonyl (C=O) groups is 2. The van der Waals surface area contributed by atoms with Crippen LogP contribution in [0.4, 0.5) is 5.69 Å². The maximum absolute atomic E-state index is 12.4. The van der Waals surface area contributed by atoms with Crippen LogP contribution in [0.1, 0.15) is 52.0 Å². The fourth-order valence-corrected chi connectivity index (χ4v) is 3.37. The van der Waals surface area contributed by atoms with Crippen molar-refractivity contribution >= 4 is 17.5 Å². The Bertz CT molecular complexity index is 769. The molecule has 1 aliphatic rings. The van der Waals surface area contributed by atoms with Crippen molar-refractivity contribution in [2.24, 2.45) is 0 Å². The number of hydrogen-bond donors (Lipinski definition) is 2. The minimum Gasteiger partial charge on any atom is -0.396 e. The molecule has 0 radical (unpaired) electrons. The number of amides is 2. The van der Waals surface area contributed by atoms with E-state index in [1.54, 1.807) is 24.3 Å². The number of carbonyl (C=O) groups excluding carboxylic acids is 2.